The van der Waals surface area contributed by atoms with Crippen molar-refractivity contribution in [1.29, 1.82) is 0 Å². The van der Waals surface area contributed by atoms with Crippen molar-refractivity contribution in [2.24, 2.45) is 65.1 Å². The zero-order chi connectivity index (χ0) is 25.7. The molecule has 0 amide bonds. The van der Waals surface area contributed by atoms with Crippen LogP contribution in [0.2, 0.25) is 0 Å². The van der Waals surface area contributed by atoms with Crippen LogP contribution in [0.3, 0.4) is 0 Å². The molecule has 0 aromatic rings. The van der Waals surface area contributed by atoms with Crippen molar-refractivity contribution in [2.45, 2.75) is 174 Å². The number of hydrogen-bond donors (Lipinski definition) is 0. The molecule has 6 aliphatic carbocycles. The molecule has 0 nitrogen and oxygen atoms in total. The number of hydrogen-bond acceptors (Lipinski definition) is 0. The summed E-state index contributed by atoms with van der Waals surface area (Å²) in [6, 6.07) is 0. The second-order valence-corrected chi connectivity index (χ2v) is 16.5. The molecular weight excluding hydrogens is 456 g/mol. The molecule has 8 atom stereocenters. The predicted octanol–water partition coefficient (Wildman–Crippen LogP) is 12.0. The fourth-order valence-electron chi connectivity index (χ4n) is 12.2. The second kappa shape index (κ2) is 13.8. The van der Waals surface area contributed by atoms with E-state index in [0.29, 0.717) is 0 Å². The molecule has 8 unspecified atom stereocenters. The van der Waals surface area contributed by atoms with Crippen LogP contribution in [0.5, 0.6) is 0 Å². The van der Waals surface area contributed by atoms with Crippen LogP contribution in [-0.2, 0) is 0 Å². The molecule has 0 aromatic heterocycles. The monoisotopic (exact) mass is 523 g/mol. The van der Waals surface area contributed by atoms with E-state index in [1.54, 1.807) is 128 Å². The Labute approximate surface area is 238 Å². The van der Waals surface area contributed by atoms with Crippen molar-refractivity contribution in [3.63, 3.8) is 0 Å². The Morgan fingerprint density at radius 3 is 1.61 bits per heavy atom. The van der Waals surface area contributed by atoms with Gasteiger partial charge in [-0.25, -0.2) is 0 Å². The molecule has 0 saturated heterocycles. The van der Waals surface area contributed by atoms with E-state index in [1.807, 2.05) is 0 Å². The number of rotatable bonds is 8. The Hall–Kier alpha value is 0. The molecule has 0 N–H and O–H groups in total. The molecule has 0 bridgehead atoms. The van der Waals surface area contributed by atoms with Gasteiger partial charge in [0.25, 0.3) is 0 Å². The van der Waals surface area contributed by atoms with Crippen LogP contribution in [0, 0.1) is 65.1 Å². The van der Waals surface area contributed by atoms with Gasteiger partial charge in [0.1, 0.15) is 0 Å². The van der Waals surface area contributed by atoms with Gasteiger partial charge in [-0.3, -0.25) is 0 Å². The van der Waals surface area contributed by atoms with E-state index in [2.05, 4.69) is 6.92 Å². The van der Waals surface area contributed by atoms with Gasteiger partial charge >= 0.3 is 0 Å². The summed E-state index contributed by atoms with van der Waals surface area (Å²) < 4.78 is 0. The van der Waals surface area contributed by atoms with Gasteiger partial charge in [-0.05, 0) is 116 Å². The molecular formula is C38H66. The van der Waals surface area contributed by atoms with Gasteiger partial charge in [0.05, 0.1) is 0 Å². The van der Waals surface area contributed by atoms with Crippen molar-refractivity contribution in [2.75, 3.05) is 0 Å². The van der Waals surface area contributed by atoms with Crippen molar-refractivity contribution >= 4 is 0 Å². The molecule has 0 heterocycles. The summed E-state index contributed by atoms with van der Waals surface area (Å²) in [5.74, 6) is 12.1. The normalized spacial score (nSPS) is 42.2. The minimum absolute atomic E-state index is 1.06. The van der Waals surface area contributed by atoms with Gasteiger partial charge in [0.2, 0.25) is 0 Å². The molecule has 0 spiro atoms. The summed E-state index contributed by atoms with van der Waals surface area (Å²) in [7, 11) is 0. The SMILES string of the molecule is CCC1CC(CCC2CC3CC(C4CCCCC4)CC(C4CCCCC4)C3C2)CC(CC2CCCCC2)C1. The van der Waals surface area contributed by atoms with Crippen LogP contribution in [0.4, 0.5) is 0 Å². The molecule has 0 aromatic carbocycles. The fourth-order valence-corrected chi connectivity index (χ4v) is 12.2. The average molecular weight is 523 g/mol. The lowest BCUT2D eigenvalue weighted by Crippen LogP contribution is -2.37. The summed E-state index contributed by atoms with van der Waals surface area (Å²) in [5, 5.41) is 0. The summed E-state index contributed by atoms with van der Waals surface area (Å²) in [6.45, 7) is 2.50. The third kappa shape index (κ3) is 7.07. The Kier molecular flexibility index (Phi) is 10.2. The van der Waals surface area contributed by atoms with Gasteiger partial charge in [-0.2, -0.15) is 0 Å². The van der Waals surface area contributed by atoms with Crippen molar-refractivity contribution in [3.05, 3.63) is 0 Å². The van der Waals surface area contributed by atoms with E-state index < -0.39 is 0 Å². The largest absolute Gasteiger partial charge is 0.0651 e. The van der Waals surface area contributed by atoms with Gasteiger partial charge in [0, 0.05) is 0 Å². The lowest BCUT2D eigenvalue weighted by atomic mass is 9.59. The van der Waals surface area contributed by atoms with Crippen molar-refractivity contribution in [1.82, 2.24) is 0 Å². The highest BCUT2D eigenvalue weighted by molar-refractivity contribution is 4.97. The van der Waals surface area contributed by atoms with Crippen LogP contribution >= 0.6 is 0 Å². The lowest BCUT2D eigenvalue weighted by molar-refractivity contribution is 0.0345. The fraction of sp³-hybridized carbons (Fsp3) is 1.00. The Morgan fingerprint density at radius 1 is 0.368 bits per heavy atom. The Balaban J connectivity index is 1.05. The summed E-state index contributed by atoms with van der Waals surface area (Å²) in [5.41, 5.74) is 0. The van der Waals surface area contributed by atoms with E-state index in [-0.39, 0.29) is 0 Å². The smallest absolute Gasteiger partial charge is 0.0352 e. The van der Waals surface area contributed by atoms with E-state index in [4.69, 9.17) is 0 Å². The van der Waals surface area contributed by atoms with Gasteiger partial charge in [-0.1, -0.05) is 122 Å². The highest BCUT2D eigenvalue weighted by atomic mass is 14.5. The van der Waals surface area contributed by atoms with Crippen LogP contribution in [-0.4, -0.2) is 0 Å². The topological polar surface area (TPSA) is 0 Å². The highest BCUT2D eigenvalue weighted by Crippen LogP contribution is 2.57. The van der Waals surface area contributed by atoms with E-state index >= 15 is 0 Å². The average Bonchev–Trinajstić information content (AvgIpc) is 3.40. The molecule has 38 heavy (non-hydrogen) atoms. The van der Waals surface area contributed by atoms with E-state index in [1.165, 1.54) is 38.5 Å². The second-order valence-electron chi connectivity index (χ2n) is 16.5. The third-order valence-corrected chi connectivity index (χ3v) is 14.1. The van der Waals surface area contributed by atoms with E-state index in [0.717, 1.165) is 65.1 Å². The summed E-state index contributed by atoms with van der Waals surface area (Å²) >= 11 is 0. The minimum atomic E-state index is 1.06. The maximum Gasteiger partial charge on any atom is -0.0352 e. The predicted molar refractivity (Wildman–Crippen MR) is 164 cm³/mol. The Bertz CT molecular complexity index is 676. The first-order valence-corrected chi connectivity index (χ1v) is 18.7. The standard InChI is InChI=1S/C38H66/c1-2-28-20-30(23-32(21-28)22-29-12-6-3-7-13-29)18-19-31-24-36-26-35(33-14-8-4-9-15-33)27-38(37(36)25-31)34-16-10-5-11-17-34/h28-38H,2-27H2,1H3. The first-order valence-electron chi connectivity index (χ1n) is 18.7. The van der Waals surface area contributed by atoms with Gasteiger partial charge in [0.15, 0.2) is 0 Å². The van der Waals surface area contributed by atoms with Crippen LogP contribution < -0.4 is 0 Å². The summed E-state index contributed by atoms with van der Waals surface area (Å²) in [6.07, 6.45) is 41.0. The molecule has 6 aliphatic rings. The maximum absolute atomic E-state index is 2.50. The first-order chi connectivity index (χ1) is 18.7. The molecule has 0 radical (unpaired) electrons. The maximum atomic E-state index is 2.50. The zero-order valence-corrected chi connectivity index (χ0v) is 25.7. The molecule has 6 fully saturated rings. The minimum Gasteiger partial charge on any atom is -0.0651 e. The van der Waals surface area contributed by atoms with Crippen LogP contribution in [0.1, 0.15) is 174 Å². The van der Waals surface area contributed by atoms with Crippen LogP contribution in [0.15, 0.2) is 0 Å². The van der Waals surface area contributed by atoms with Crippen LogP contribution in [0.25, 0.3) is 0 Å². The van der Waals surface area contributed by atoms with Crippen molar-refractivity contribution < 1.29 is 0 Å². The molecule has 6 rings (SSSR count). The molecule has 6 saturated carbocycles. The Morgan fingerprint density at radius 2 is 0.921 bits per heavy atom. The van der Waals surface area contributed by atoms with E-state index in [9.17, 15) is 0 Å². The third-order valence-electron chi connectivity index (χ3n) is 14.1. The van der Waals surface area contributed by atoms with Crippen molar-refractivity contribution in [3.8, 4) is 0 Å². The van der Waals surface area contributed by atoms with Gasteiger partial charge in [-0.15, -0.1) is 0 Å². The molecule has 0 aliphatic heterocycles. The molecule has 0 heteroatoms. The van der Waals surface area contributed by atoms with Gasteiger partial charge < -0.3 is 0 Å². The molecule has 218 valence electrons. The zero-order valence-electron chi connectivity index (χ0n) is 25.7. The highest BCUT2D eigenvalue weighted by Gasteiger charge is 2.47. The quantitative estimate of drug-likeness (QED) is 0.297. The summed E-state index contributed by atoms with van der Waals surface area (Å²) in [4.78, 5) is 0. The lowest BCUT2D eigenvalue weighted by Gasteiger charge is -2.46. The number of fused-ring (bicyclic) bond motifs is 1. The first kappa shape index (κ1) is 28.1.